The van der Waals surface area contributed by atoms with Gasteiger partial charge in [0.1, 0.15) is 11.4 Å². The number of Topliss-reactive ketones (excluding diaryl/α,β-unsaturated/α-hetero) is 1. The molecule has 4 rings (SSSR count). The van der Waals surface area contributed by atoms with E-state index in [1.165, 1.54) is 6.08 Å². The minimum absolute atomic E-state index is 0.00546. The highest BCUT2D eigenvalue weighted by atomic mass is 31.2. The van der Waals surface area contributed by atoms with Gasteiger partial charge in [-0.2, -0.15) is 0 Å². The van der Waals surface area contributed by atoms with Crippen molar-refractivity contribution >= 4 is 31.3 Å². The number of phosphoric acid groups is 1. The van der Waals surface area contributed by atoms with E-state index in [0.29, 0.717) is 17.1 Å². The quantitative estimate of drug-likeness (QED) is 0.138. The Morgan fingerprint density at radius 2 is 1.14 bits per heavy atom. The zero-order valence-corrected chi connectivity index (χ0v) is 15.3. The van der Waals surface area contributed by atoms with Crippen LogP contribution in [0.5, 0.6) is 0 Å². The minimum Gasteiger partial charge on any atom is -0.473 e. The summed E-state index contributed by atoms with van der Waals surface area (Å²) >= 11 is 0. The average molecular weight is 419 g/mol. The number of rotatable bonds is 3. The first-order valence-corrected chi connectivity index (χ1v) is 9.51. The molecule has 0 spiro atoms. The standard InChI is InChI=1S/C12H13N3O2.C2H2O4.H3O4P/c16-9-7-8(13-1-2-13)12(17)11(15-5-6-15)10(9)14-3-4-14;3-1(4)2(5)6;1-5(2,3)4/h7H,1-6H2;(H,3,4)(H,5,6);(H3,1,2,3,4). The summed E-state index contributed by atoms with van der Waals surface area (Å²) in [6.45, 7) is 5.41. The number of carboxylic acids is 2. The molecule has 28 heavy (non-hydrogen) atoms. The van der Waals surface area contributed by atoms with Crippen LogP contribution >= 0.6 is 7.82 Å². The van der Waals surface area contributed by atoms with Gasteiger partial charge in [0.05, 0.1) is 5.70 Å². The zero-order chi connectivity index (χ0) is 21.2. The van der Waals surface area contributed by atoms with Crippen LogP contribution in [0.3, 0.4) is 0 Å². The molecule has 3 fully saturated rings. The molecule has 0 unspecified atom stereocenters. The van der Waals surface area contributed by atoms with Gasteiger partial charge < -0.3 is 39.6 Å². The van der Waals surface area contributed by atoms with Crippen molar-refractivity contribution in [1.29, 1.82) is 0 Å². The molecule has 0 amide bonds. The van der Waals surface area contributed by atoms with Crippen LogP contribution in [0.4, 0.5) is 0 Å². The van der Waals surface area contributed by atoms with Gasteiger partial charge in [0.15, 0.2) is 0 Å². The van der Waals surface area contributed by atoms with Crippen LogP contribution in [0.15, 0.2) is 23.2 Å². The molecule has 13 nitrogen and oxygen atoms in total. The first-order valence-electron chi connectivity index (χ1n) is 7.94. The van der Waals surface area contributed by atoms with Gasteiger partial charge in [0.2, 0.25) is 11.6 Å². The maximum Gasteiger partial charge on any atom is 0.466 e. The molecule has 0 radical (unpaired) electrons. The minimum atomic E-state index is -4.64. The molecule has 3 heterocycles. The van der Waals surface area contributed by atoms with E-state index in [4.69, 9.17) is 39.0 Å². The Balaban J connectivity index is 0.000000215. The summed E-state index contributed by atoms with van der Waals surface area (Å²) in [7, 11) is -4.64. The van der Waals surface area contributed by atoms with Crippen molar-refractivity contribution in [3.8, 4) is 0 Å². The number of hydrogen-bond acceptors (Lipinski definition) is 8. The molecule has 1 aliphatic carbocycles. The maximum absolute atomic E-state index is 12.4. The predicted octanol–water partition coefficient (Wildman–Crippen LogP) is -2.59. The molecular weight excluding hydrogens is 401 g/mol. The fourth-order valence-electron chi connectivity index (χ4n) is 2.28. The lowest BCUT2D eigenvalue weighted by Crippen LogP contribution is -2.29. The number of nitrogens with zero attached hydrogens (tertiary/aromatic N) is 3. The van der Waals surface area contributed by atoms with Crippen molar-refractivity contribution in [2.75, 3.05) is 39.3 Å². The summed E-state index contributed by atoms with van der Waals surface area (Å²) in [6.07, 6.45) is 1.52. The monoisotopic (exact) mass is 419 g/mol. The van der Waals surface area contributed by atoms with E-state index < -0.39 is 19.8 Å². The fourth-order valence-corrected chi connectivity index (χ4v) is 2.28. The number of aliphatic carboxylic acids is 2. The first-order chi connectivity index (χ1) is 12.9. The van der Waals surface area contributed by atoms with Gasteiger partial charge in [0, 0.05) is 45.3 Å². The Hall–Kier alpha value is -2.73. The van der Waals surface area contributed by atoms with E-state index in [-0.39, 0.29) is 11.6 Å². The van der Waals surface area contributed by atoms with Crippen molar-refractivity contribution in [3.05, 3.63) is 23.2 Å². The second-order valence-electron chi connectivity index (χ2n) is 6.00. The molecule has 5 N–H and O–H groups in total. The lowest BCUT2D eigenvalue weighted by molar-refractivity contribution is -0.159. The molecule has 0 saturated carbocycles. The Morgan fingerprint density at radius 1 is 0.786 bits per heavy atom. The third kappa shape index (κ3) is 6.46. The summed E-state index contributed by atoms with van der Waals surface area (Å²) in [5.41, 5.74) is 1.89. The van der Waals surface area contributed by atoms with Crippen LogP contribution in [-0.2, 0) is 23.7 Å². The largest absolute Gasteiger partial charge is 0.473 e. The van der Waals surface area contributed by atoms with Crippen LogP contribution in [0.1, 0.15) is 0 Å². The van der Waals surface area contributed by atoms with Crippen molar-refractivity contribution in [1.82, 2.24) is 14.7 Å². The smallest absolute Gasteiger partial charge is 0.466 e. The van der Waals surface area contributed by atoms with Gasteiger partial charge in [-0.15, -0.1) is 0 Å². The topological polar surface area (TPSA) is 196 Å². The molecule has 154 valence electrons. The summed E-state index contributed by atoms with van der Waals surface area (Å²) < 4.78 is 8.88. The molecule has 3 aliphatic heterocycles. The SMILES string of the molecule is O=C(O)C(=O)O.O=C1C=C(N2CC2)C(=O)C(N2CC2)=C1N1CC1.O=P(O)(O)O. The number of carbonyl (C=O) groups is 4. The Morgan fingerprint density at radius 3 is 1.46 bits per heavy atom. The van der Waals surface area contributed by atoms with E-state index in [9.17, 15) is 9.59 Å². The Labute approximate surface area is 158 Å². The van der Waals surface area contributed by atoms with Crippen LogP contribution in [0.2, 0.25) is 0 Å². The van der Waals surface area contributed by atoms with Crippen LogP contribution in [0, 0.1) is 0 Å². The molecule has 3 saturated heterocycles. The molecule has 0 atom stereocenters. The number of hydrogen-bond donors (Lipinski definition) is 5. The highest BCUT2D eigenvalue weighted by Crippen LogP contribution is 2.33. The van der Waals surface area contributed by atoms with Crippen molar-refractivity contribution in [2.45, 2.75) is 0 Å². The molecule has 0 aromatic heterocycles. The summed E-state index contributed by atoms with van der Waals surface area (Å²) in [5.74, 6) is -3.60. The molecule has 0 aromatic rings. The van der Waals surface area contributed by atoms with E-state index >= 15 is 0 Å². The second kappa shape index (κ2) is 8.10. The summed E-state index contributed by atoms with van der Waals surface area (Å²) in [6, 6.07) is 0. The second-order valence-corrected chi connectivity index (χ2v) is 7.03. The van der Waals surface area contributed by atoms with Gasteiger partial charge in [-0.05, 0) is 0 Å². The van der Waals surface area contributed by atoms with Crippen LogP contribution in [0.25, 0.3) is 0 Å². The third-order valence-electron chi connectivity index (χ3n) is 3.67. The molecule has 14 heteroatoms. The lowest BCUT2D eigenvalue weighted by Gasteiger charge is -2.21. The predicted molar refractivity (Wildman–Crippen MR) is 89.4 cm³/mol. The van der Waals surface area contributed by atoms with E-state index in [1.54, 1.807) is 0 Å². The molecule has 0 bridgehead atoms. The average Bonchev–Trinajstić information content (AvgIpc) is 3.41. The van der Waals surface area contributed by atoms with Crippen LogP contribution < -0.4 is 0 Å². The van der Waals surface area contributed by atoms with Crippen molar-refractivity contribution in [2.24, 2.45) is 0 Å². The third-order valence-corrected chi connectivity index (χ3v) is 3.67. The maximum atomic E-state index is 12.4. The zero-order valence-electron chi connectivity index (χ0n) is 14.4. The Bertz CT molecular complexity index is 797. The Kier molecular flexibility index (Phi) is 6.24. The molecular formula is C14H18N3O10P. The highest BCUT2D eigenvalue weighted by molar-refractivity contribution is 7.45. The summed E-state index contributed by atoms with van der Waals surface area (Å²) in [5, 5.41) is 14.8. The van der Waals surface area contributed by atoms with Crippen molar-refractivity contribution < 1.29 is 48.6 Å². The van der Waals surface area contributed by atoms with Gasteiger partial charge in [-0.3, -0.25) is 9.59 Å². The highest BCUT2D eigenvalue weighted by Gasteiger charge is 2.43. The van der Waals surface area contributed by atoms with Gasteiger partial charge in [-0.1, -0.05) is 0 Å². The first kappa shape index (κ1) is 21.6. The number of allylic oxidation sites excluding steroid dienone is 1. The lowest BCUT2D eigenvalue weighted by atomic mass is 10.0. The number of ketones is 2. The van der Waals surface area contributed by atoms with Crippen LogP contribution in [-0.4, -0.2) is 102 Å². The van der Waals surface area contributed by atoms with Crippen molar-refractivity contribution in [3.63, 3.8) is 0 Å². The molecule has 4 aliphatic rings. The van der Waals surface area contributed by atoms with Gasteiger partial charge in [0.25, 0.3) is 0 Å². The van der Waals surface area contributed by atoms with E-state index in [1.807, 2.05) is 14.7 Å². The van der Waals surface area contributed by atoms with E-state index in [2.05, 4.69) is 0 Å². The number of carboxylic acid groups (broad SMARTS) is 2. The normalized spacial score (nSPS) is 19.8. The fraction of sp³-hybridized carbons (Fsp3) is 0.429. The molecule has 0 aromatic carbocycles. The van der Waals surface area contributed by atoms with Gasteiger partial charge in [-0.25, -0.2) is 14.2 Å². The number of carbonyl (C=O) groups excluding carboxylic acids is 2. The van der Waals surface area contributed by atoms with E-state index in [0.717, 1.165) is 39.3 Å². The van der Waals surface area contributed by atoms with Gasteiger partial charge >= 0.3 is 19.8 Å². The summed E-state index contributed by atoms with van der Waals surface area (Å²) in [4.78, 5) is 70.2.